The smallest absolute Gasteiger partial charge is 0.201 e. The third-order valence-corrected chi connectivity index (χ3v) is 4.53. The number of nitrogens with two attached hydrogens (primary N) is 1. The number of benzene rings is 2. The van der Waals surface area contributed by atoms with E-state index in [2.05, 4.69) is 20.9 Å². The van der Waals surface area contributed by atoms with Crippen LogP contribution in [0.1, 0.15) is 18.5 Å². The van der Waals surface area contributed by atoms with Gasteiger partial charge in [-0.15, -0.1) is 0 Å². The van der Waals surface area contributed by atoms with Crippen molar-refractivity contribution in [1.29, 1.82) is 0 Å². The third kappa shape index (κ3) is 2.63. The van der Waals surface area contributed by atoms with Gasteiger partial charge in [0, 0.05) is 14.5 Å². The predicted octanol–water partition coefficient (Wildman–Crippen LogP) is 5.30. The van der Waals surface area contributed by atoms with Crippen molar-refractivity contribution in [2.24, 2.45) is 0 Å². The highest BCUT2D eigenvalue weighted by Gasteiger charge is 2.18. The Labute approximate surface area is 140 Å². The molecule has 3 rings (SSSR count). The highest BCUT2D eigenvalue weighted by molar-refractivity contribution is 9.10. The van der Waals surface area contributed by atoms with E-state index >= 15 is 0 Å². The van der Waals surface area contributed by atoms with E-state index in [0.717, 1.165) is 21.1 Å². The fraction of sp³-hybridized carbons (Fsp3) is 0.133. The maximum Gasteiger partial charge on any atom is 0.201 e. The number of anilines is 1. The lowest BCUT2D eigenvalue weighted by Crippen LogP contribution is -2.10. The minimum atomic E-state index is -0.0408. The predicted molar refractivity (Wildman–Crippen MR) is 92.1 cm³/mol. The van der Waals surface area contributed by atoms with Crippen molar-refractivity contribution in [3.8, 4) is 0 Å². The third-order valence-electron chi connectivity index (χ3n) is 3.48. The van der Waals surface area contributed by atoms with Crippen LogP contribution in [0.25, 0.3) is 11.0 Å². The molecule has 6 heteroatoms. The molecule has 0 aliphatic rings. The van der Waals surface area contributed by atoms with Gasteiger partial charge in [-0.25, -0.2) is 4.98 Å². The Kier molecular flexibility index (Phi) is 3.86. The monoisotopic (exact) mass is 383 g/mol. The van der Waals surface area contributed by atoms with Crippen molar-refractivity contribution in [2.45, 2.75) is 13.0 Å². The number of nitrogens with zero attached hydrogens (tertiary/aromatic N) is 2. The molecule has 1 heterocycles. The average Bonchev–Trinajstić information content (AvgIpc) is 2.73. The molecule has 0 fully saturated rings. The lowest BCUT2D eigenvalue weighted by atomic mass is 10.1. The van der Waals surface area contributed by atoms with Crippen LogP contribution in [0.15, 0.2) is 40.9 Å². The first-order chi connectivity index (χ1) is 9.97. The van der Waals surface area contributed by atoms with Crippen LogP contribution in [0, 0.1) is 0 Å². The van der Waals surface area contributed by atoms with Gasteiger partial charge in [0.15, 0.2) is 0 Å². The zero-order chi connectivity index (χ0) is 15.1. The molecule has 1 aromatic heterocycles. The fourth-order valence-corrected chi connectivity index (χ4v) is 3.39. The fourth-order valence-electron chi connectivity index (χ4n) is 2.48. The lowest BCUT2D eigenvalue weighted by molar-refractivity contribution is 0.668. The maximum absolute atomic E-state index is 6.30. The summed E-state index contributed by atoms with van der Waals surface area (Å²) >= 11 is 15.7. The topological polar surface area (TPSA) is 43.8 Å². The Hall–Kier alpha value is -1.23. The summed E-state index contributed by atoms with van der Waals surface area (Å²) in [6, 6.07) is 11.3. The van der Waals surface area contributed by atoms with E-state index in [4.69, 9.17) is 28.9 Å². The van der Waals surface area contributed by atoms with E-state index in [1.807, 2.05) is 41.8 Å². The molecule has 3 nitrogen and oxygen atoms in total. The summed E-state index contributed by atoms with van der Waals surface area (Å²) in [5.74, 6) is 0.460. The summed E-state index contributed by atoms with van der Waals surface area (Å²) in [7, 11) is 0. The van der Waals surface area contributed by atoms with E-state index in [1.54, 1.807) is 6.07 Å². The van der Waals surface area contributed by atoms with Gasteiger partial charge in [-0.05, 0) is 42.8 Å². The number of imidazole rings is 1. The molecule has 2 aromatic carbocycles. The zero-order valence-electron chi connectivity index (χ0n) is 11.1. The average molecular weight is 385 g/mol. The first-order valence-electron chi connectivity index (χ1n) is 6.35. The van der Waals surface area contributed by atoms with Crippen LogP contribution in [0.4, 0.5) is 5.95 Å². The molecule has 2 N–H and O–H groups in total. The van der Waals surface area contributed by atoms with Gasteiger partial charge in [-0.2, -0.15) is 0 Å². The molecule has 0 aliphatic heterocycles. The molecular formula is C15H12BrCl2N3. The molecule has 3 aromatic rings. The van der Waals surface area contributed by atoms with E-state index in [0.29, 0.717) is 16.0 Å². The zero-order valence-corrected chi connectivity index (χ0v) is 14.2. The Morgan fingerprint density at radius 2 is 1.95 bits per heavy atom. The highest BCUT2D eigenvalue weighted by atomic mass is 79.9. The van der Waals surface area contributed by atoms with Crippen LogP contribution in [-0.4, -0.2) is 9.55 Å². The second-order valence-corrected chi connectivity index (χ2v) is 6.57. The number of halogens is 3. The van der Waals surface area contributed by atoms with E-state index in [9.17, 15) is 0 Å². The van der Waals surface area contributed by atoms with Gasteiger partial charge in [0.2, 0.25) is 5.95 Å². The molecular weight excluding hydrogens is 373 g/mol. The molecule has 1 atom stereocenters. The quantitative estimate of drug-likeness (QED) is 0.651. The van der Waals surface area contributed by atoms with Crippen LogP contribution >= 0.6 is 39.1 Å². The number of fused-ring (bicyclic) bond motifs is 1. The molecule has 0 amide bonds. The first-order valence-corrected chi connectivity index (χ1v) is 7.90. The van der Waals surface area contributed by atoms with Crippen LogP contribution in [0.5, 0.6) is 0 Å². The van der Waals surface area contributed by atoms with Crippen molar-refractivity contribution in [3.63, 3.8) is 0 Å². The van der Waals surface area contributed by atoms with E-state index in [1.165, 1.54) is 0 Å². The van der Waals surface area contributed by atoms with Crippen molar-refractivity contribution in [1.82, 2.24) is 9.55 Å². The van der Waals surface area contributed by atoms with Crippen molar-refractivity contribution < 1.29 is 0 Å². The second kappa shape index (κ2) is 5.52. The van der Waals surface area contributed by atoms with Crippen molar-refractivity contribution in [2.75, 3.05) is 5.73 Å². The van der Waals surface area contributed by atoms with E-state index in [-0.39, 0.29) is 6.04 Å². The van der Waals surface area contributed by atoms with Gasteiger partial charge in [0.25, 0.3) is 0 Å². The normalized spacial score (nSPS) is 12.8. The summed E-state index contributed by atoms with van der Waals surface area (Å²) in [6.07, 6.45) is 0. The highest BCUT2D eigenvalue weighted by Crippen LogP contribution is 2.33. The SMILES string of the molecule is CC(c1ccc(Cl)cc1Cl)n1c(N)nc2cc(Br)ccc21. The van der Waals surface area contributed by atoms with Gasteiger partial charge in [0.05, 0.1) is 17.1 Å². The van der Waals surface area contributed by atoms with Gasteiger partial charge < -0.3 is 10.3 Å². The standard InChI is InChI=1S/C15H12BrCl2N3/c1-8(11-4-3-10(17)7-12(11)18)21-14-5-2-9(16)6-13(14)20-15(21)19/h2-8H,1H3,(H2,19,20). The molecule has 0 radical (unpaired) electrons. The molecule has 0 saturated carbocycles. The van der Waals surface area contributed by atoms with Crippen LogP contribution in [-0.2, 0) is 0 Å². The Bertz CT molecular complexity index is 829. The molecule has 21 heavy (non-hydrogen) atoms. The van der Waals surface area contributed by atoms with Gasteiger partial charge in [-0.3, -0.25) is 0 Å². The van der Waals surface area contributed by atoms with E-state index < -0.39 is 0 Å². The van der Waals surface area contributed by atoms with Gasteiger partial charge in [0.1, 0.15) is 0 Å². The summed E-state index contributed by atoms with van der Waals surface area (Å²) in [5.41, 5.74) is 8.86. The van der Waals surface area contributed by atoms with Gasteiger partial charge in [-0.1, -0.05) is 45.2 Å². The van der Waals surface area contributed by atoms with Crippen molar-refractivity contribution >= 4 is 56.1 Å². The molecule has 108 valence electrons. The Morgan fingerprint density at radius 3 is 2.67 bits per heavy atom. The van der Waals surface area contributed by atoms with Gasteiger partial charge >= 0.3 is 0 Å². The minimum absolute atomic E-state index is 0.0408. The molecule has 0 bridgehead atoms. The van der Waals surface area contributed by atoms with Crippen molar-refractivity contribution in [3.05, 3.63) is 56.5 Å². The molecule has 0 spiro atoms. The largest absolute Gasteiger partial charge is 0.369 e. The summed E-state index contributed by atoms with van der Waals surface area (Å²) in [5, 5.41) is 1.23. The number of nitrogen functional groups attached to an aromatic ring is 1. The Balaban J connectivity index is 2.17. The first kappa shape index (κ1) is 14.7. The number of rotatable bonds is 2. The number of aromatic nitrogens is 2. The number of hydrogen-bond acceptors (Lipinski definition) is 2. The van der Waals surface area contributed by atoms with Crippen LogP contribution < -0.4 is 5.73 Å². The van der Waals surface area contributed by atoms with Crippen LogP contribution in [0.2, 0.25) is 10.0 Å². The summed E-state index contributed by atoms with van der Waals surface area (Å²) in [4.78, 5) is 4.41. The molecule has 1 unspecified atom stereocenters. The number of hydrogen-bond donors (Lipinski definition) is 1. The molecule has 0 aliphatic carbocycles. The van der Waals surface area contributed by atoms with Crippen LogP contribution in [0.3, 0.4) is 0 Å². The molecule has 0 saturated heterocycles. The minimum Gasteiger partial charge on any atom is -0.369 e. The second-order valence-electron chi connectivity index (χ2n) is 4.81. The summed E-state index contributed by atoms with van der Waals surface area (Å²) in [6.45, 7) is 2.04. The summed E-state index contributed by atoms with van der Waals surface area (Å²) < 4.78 is 2.94. The lowest BCUT2D eigenvalue weighted by Gasteiger charge is -2.18. The maximum atomic E-state index is 6.30. The Morgan fingerprint density at radius 1 is 1.19 bits per heavy atom.